The van der Waals surface area contributed by atoms with Gasteiger partial charge in [0.2, 0.25) is 5.91 Å². The number of rotatable bonds is 6. The van der Waals surface area contributed by atoms with Gasteiger partial charge in [-0.1, -0.05) is 54.8 Å². The predicted molar refractivity (Wildman–Crippen MR) is 109 cm³/mol. The fraction of sp³-hybridized carbons (Fsp3) is 0.435. The first-order valence-electron chi connectivity index (χ1n) is 9.78. The first-order valence-corrected chi connectivity index (χ1v) is 9.78. The average Bonchev–Trinajstić information content (AvgIpc) is 3.13. The summed E-state index contributed by atoms with van der Waals surface area (Å²) >= 11 is 0. The number of anilines is 1. The molecule has 0 radical (unpaired) electrons. The van der Waals surface area contributed by atoms with E-state index in [4.69, 9.17) is 0 Å². The molecular weight excluding hydrogens is 320 g/mol. The highest BCUT2D eigenvalue weighted by atomic mass is 16.2. The summed E-state index contributed by atoms with van der Waals surface area (Å²) in [6.07, 6.45) is 4.64. The van der Waals surface area contributed by atoms with E-state index >= 15 is 0 Å². The fourth-order valence-corrected chi connectivity index (χ4v) is 3.89. The average molecular weight is 351 g/mol. The van der Waals surface area contributed by atoms with E-state index in [1.54, 1.807) is 0 Å². The number of likely N-dealkylation sites (N-methyl/N-ethyl adjacent to an activating group) is 1. The van der Waals surface area contributed by atoms with Crippen LogP contribution in [0.2, 0.25) is 0 Å². The Kier molecular flexibility index (Phi) is 5.97. The SMILES string of the molecule is CCN(c1cccc(C)c1)[C@@H](C(=O)NC1CCCC1)c1ccc(C)cc1. The maximum atomic E-state index is 13.3. The monoisotopic (exact) mass is 350 g/mol. The van der Waals surface area contributed by atoms with Crippen LogP contribution in [0.4, 0.5) is 5.69 Å². The number of carbonyl (C=O) groups excluding carboxylic acids is 1. The molecule has 0 saturated heterocycles. The quantitative estimate of drug-likeness (QED) is 0.801. The minimum Gasteiger partial charge on any atom is -0.356 e. The summed E-state index contributed by atoms with van der Waals surface area (Å²) < 4.78 is 0. The fourth-order valence-electron chi connectivity index (χ4n) is 3.89. The summed E-state index contributed by atoms with van der Waals surface area (Å²) in [6.45, 7) is 7.07. The lowest BCUT2D eigenvalue weighted by atomic mass is 10.0. The van der Waals surface area contributed by atoms with Crippen LogP contribution in [0.5, 0.6) is 0 Å². The number of hydrogen-bond donors (Lipinski definition) is 1. The van der Waals surface area contributed by atoms with Crippen molar-refractivity contribution >= 4 is 11.6 Å². The van der Waals surface area contributed by atoms with Crippen LogP contribution in [-0.4, -0.2) is 18.5 Å². The van der Waals surface area contributed by atoms with Gasteiger partial charge >= 0.3 is 0 Å². The lowest BCUT2D eigenvalue weighted by Crippen LogP contribution is -2.44. The zero-order valence-corrected chi connectivity index (χ0v) is 16.2. The minimum absolute atomic E-state index is 0.115. The van der Waals surface area contributed by atoms with Crippen LogP contribution in [-0.2, 0) is 4.79 Å². The van der Waals surface area contributed by atoms with Crippen LogP contribution in [0.25, 0.3) is 0 Å². The van der Waals surface area contributed by atoms with Crippen molar-refractivity contribution in [3.05, 3.63) is 65.2 Å². The summed E-state index contributed by atoms with van der Waals surface area (Å²) in [6, 6.07) is 16.8. The van der Waals surface area contributed by atoms with Crippen LogP contribution in [0.1, 0.15) is 55.3 Å². The van der Waals surface area contributed by atoms with E-state index in [2.05, 4.69) is 79.5 Å². The van der Waals surface area contributed by atoms with Gasteiger partial charge in [0.15, 0.2) is 0 Å². The second-order valence-corrected chi connectivity index (χ2v) is 7.43. The third-order valence-electron chi connectivity index (χ3n) is 5.33. The molecule has 0 unspecified atom stereocenters. The number of nitrogens with one attached hydrogen (secondary N) is 1. The van der Waals surface area contributed by atoms with Gasteiger partial charge in [-0.05, 0) is 56.9 Å². The Balaban J connectivity index is 1.94. The van der Waals surface area contributed by atoms with Gasteiger partial charge in [-0.2, -0.15) is 0 Å². The highest BCUT2D eigenvalue weighted by molar-refractivity contribution is 5.87. The van der Waals surface area contributed by atoms with Crippen molar-refractivity contribution < 1.29 is 4.79 Å². The molecule has 3 heteroatoms. The Hall–Kier alpha value is -2.29. The molecule has 3 rings (SSSR count). The molecule has 26 heavy (non-hydrogen) atoms. The Bertz CT molecular complexity index is 732. The Morgan fingerprint density at radius 1 is 1.08 bits per heavy atom. The van der Waals surface area contributed by atoms with Crippen molar-refractivity contribution in [3.8, 4) is 0 Å². The number of benzene rings is 2. The molecule has 0 bridgehead atoms. The number of carbonyl (C=O) groups is 1. The number of aryl methyl sites for hydroxylation is 2. The molecule has 2 aromatic carbocycles. The first kappa shape index (κ1) is 18.5. The van der Waals surface area contributed by atoms with Crippen LogP contribution in [0.15, 0.2) is 48.5 Å². The van der Waals surface area contributed by atoms with Gasteiger partial charge in [0.05, 0.1) is 0 Å². The van der Waals surface area contributed by atoms with Crippen LogP contribution in [0, 0.1) is 13.8 Å². The van der Waals surface area contributed by atoms with Crippen molar-refractivity contribution in [1.82, 2.24) is 5.32 Å². The Morgan fingerprint density at radius 2 is 1.77 bits per heavy atom. The lowest BCUT2D eigenvalue weighted by molar-refractivity contribution is -0.123. The third kappa shape index (κ3) is 4.27. The van der Waals surface area contributed by atoms with Crippen LogP contribution >= 0.6 is 0 Å². The molecule has 138 valence electrons. The van der Waals surface area contributed by atoms with Gasteiger partial charge in [0, 0.05) is 18.3 Å². The summed E-state index contributed by atoms with van der Waals surface area (Å²) in [7, 11) is 0. The first-order chi connectivity index (χ1) is 12.6. The van der Waals surface area contributed by atoms with Crippen molar-refractivity contribution in [3.63, 3.8) is 0 Å². The summed E-state index contributed by atoms with van der Waals surface area (Å²) in [5.41, 5.74) is 4.57. The van der Waals surface area contributed by atoms with E-state index in [0.717, 1.165) is 30.6 Å². The van der Waals surface area contributed by atoms with Crippen molar-refractivity contribution in [2.24, 2.45) is 0 Å². The van der Waals surface area contributed by atoms with E-state index in [1.165, 1.54) is 24.0 Å². The maximum Gasteiger partial charge on any atom is 0.247 e. The van der Waals surface area contributed by atoms with Gasteiger partial charge in [0.25, 0.3) is 0 Å². The number of amides is 1. The molecule has 1 fully saturated rings. The normalized spacial score (nSPS) is 15.7. The predicted octanol–water partition coefficient (Wildman–Crippen LogP) is 4.93. The van der Waals surface area contributed by atoms with E-state index < -0.39 is 0 Å². The molecule has 0 aliphatic heterocycles. The van der Waals surface area contributed by atoms with Crippen LogP contribution in [0.3, 0.4) is 0 Å². The number of hydrogen-bond acceptors (Lipinski definition) is 2. The van der Waals surface area contributed by atoms with Gasteiger partial charge in [-0.15, -0.1) is 0 Å². The Labute approximate surface area is 157 Å². The zero-order chi connectivity index (χ0) is 18.5. The topological polar surface area (TPSA) is 32.3 Å². The standard InChI is InChI=1S/C23H30N2O/c1-4-25(21-11-7-8-18(3)16-21)22(19-14-12-17(2)13-15-19)23(26)24-20-9-5-6-10-20/h7-8,11-16,20,22H,4-6,9-10H2,1-3H3,(H,24,26)/t22-/m1/s1. The molecule has 3 nitrogen and oxygen atoms in total. The molecule has 1 saturated carbocycles. The Morgan fingerprint density at radius 3 is 2.38 bits per heavy atom. The molecule has 1 aliphatic carbocycles. The lowest BCUT2D eigenvalue weighted by Gasteiger charge is -2.33. The van der Waals surface area contributed by atoms with E-state index in [9.17, 15) is 4.79 Å². The second-order valence-electron chi connectivity index (χ2n) is 7.43. The van der Waals surface area contributed by atoms with Gasteiger partial charge < -0.3 is 10.2 Å². The largest absolute Gasteiger partial charge is 0.356 e. The van der Waals surface area contributed by atoms with Crippen LogP contribution < -0.4 is 10.2 Å². The minimum atomic E-state index is -0.303. The molecule has 0 heterocycles. The van der Waals surface area contributed by atoms with E-state index in [1.807, 2.05) is 0 Å². The molecule has 1 atom stereocenters. The summed E-state index contributed by atoms with van der Waals surface area (Å²) in [5, 5.41) is 3.31. The summed E-state index contributed by atoms with van der Waals surface area (Å²) in [5.74, 6) is 0.115. The smallest absolute Gasteiger partial charge is 0.247 e. The number of nitrogens with zero attached hydrogens (tertiary/aromatic N) is 1. The molecule has 1 aliphatic rings. The molecule has 1 amide bonds. The van der Waals surface area contributed by atoms with Gasteiger partial charge in [-0.25, -0.2) is 0 Å². The van der Waals surface area contributed by atoms with E-state index in [-0.39, 0.29) is 11.9 Å². The summed E-state index contributed by atoms with van der Waals surface area (Å²) in [4.78, 5) is 15.5. The molecule has 1 N–H and O–H groups in total. The molecule has 0 aromatic heterocycles. The zero-order valence-electron chi connectivity index (χ0n) is 16.2. The van der Waals surface area contributed by atoms with Crippen molar-refractivity contribution in [1.29, 1.82) is 0 Å². The molecule has 2 aromatic rings. The maximum absolute atomic E-state index is 13.3. The third-order valence-corrected chi connectivity index (χ3v) is 5.33. The van der Waals surface area contributed by atoms with E-state index in [0.29, 0.717) is 6.04 Å². The molecular formula is C23H30N2O. The highest BCUT2D eigenvalue weighted by Gasteiger charge is 2.29. The van der Waals surface area contributed by atoms with Crippen molar-refractivity contribution in [2.75, 3.05) is 11.4 Å². The van der Waals surface area contributed by atoms with Gasteiger partial charge in [0.1, 0.15) is 6.04 Å². The van der Waals surface area contributed by atoms with Crippen molar-refractivity contribution in [2.45, 2.75) is 58.5 Å². The highest BCUT2D eigenvalue weighted by Crippen LogP contribution is 2.29. The van der Waals surface area contributed by atoms with Gasteiger partial charge in [-0.3, -0.25) is 4.79 Å². The second kappa shape index (κ2) is 8.39. The molecule has 0 spiro atoms.